The SMILES string of the molecule is CON(C(=O)c1cn(C)nc1C(F)(F)F)C(CF)Cc1ccc(Cl)cc1Cl. The summed E-state index contributed by atoms with van der Waals surface area (Å²) >= 11 is 11.9. The maximum Gasteiger partial charge on any atom is 0.435 e. The Labute approximate surface area is 162 Å². The zero-order chi connectivity index (χ0) is 20.4. The molecule has 0 bridgehead atoms. The highest BCUT2D eigenvalue weighted by Gasteiger charge is 2.41. The monoisotopic (exact) mass is 427 g/mol. The number of benzene rings is 1. The van der Waals surface area contributed by atoms with E-state index in [4.69, 9.17) is 28.0 Å². The molecule has 1 unspecified atom stereocenters. The third kappa shape index (κ3) is 4.91. The Morgan fingerprint density at radius 2 is 2.04 bits per heavy atom. The second-order valence-electron chi connectivity index (χ2n) is 5.62. The number of rotatable bonds is 6. The van der Waals surface area contributed by atoms with E-state index in [9.17, 15) is 22.4 Å². The molecule has 27 heavy (non-hydrogen) atoms. The Bertz CT molecular complexity index is 826. The van der Waals surface area contributed by atoms with Crippen molar-refractivity contribution in [1.29, 1.82) is 0 Å². The molecule has 1 atom stereocenters. The lowest BCUT2D eigenvalue weighted by Gasteiger charge is -2.27. The number of alkyl halides is 4. The van der Waals surface area contributed by atoms with Crippen molar-refractivity contribution in [2.24, 2.45) is 7.05 Å². The molecule has 11 heteroatoms. The summed E-state index contributed by atoms with van der Waals surface area (Å²) < 4.78 is 53.8. The van der Waals surface area contributed by atoms with Gasteiger partial charge in [0.2, 0.25) is 0 Å². The van der Waals surface area contributed by atoms with Gasteiger partial charge in [0.15, 0.2) is 5.69 Å². The molecule has 148 valence electrons. The number of nitrogens with zero attached hydrogens (tertiary/aromatic N) is 3. The summed E-state index contributed by atoms with van der Waals surface area (Å²) in [6.45, 7) is -1.07. The fourth-order valence-corrected chi connectivity index (χ4v) is 3.00. The maximum atomic E-state index is 13.6. The van der Waals surface area contributed by atoms with E-state index in [-0.39, 0.29) is 11.4 Å². The van der Waals surface area contributed by atoms with E-state index in [2.05, 4.69) is 5.10 Å². The fraction of sp³-hybridized carbons (Fsp3) is 0.375. The van der Waals surface area contributed by atoms with Gasteiger partial charge in [-0.05, 0) is 24.1 Å². The van der Waals surface area contributed by atoms with Crippen LogP contribution in [0, 0.1) is 0 Å². The van der Waals surface area contributed by atoms with Crippen molar-refractivity contribution in [2.45, 2.75) is 18.6 Å². The van der Waals surface area contributed by atoms with Gasteiger partial charge >= 0.3 is 6.18 Å². The molecule has 0 spiro atoms. The number of carbonyl (C=O) groups is 1. The minimum atomic E-state index is -4.85. The Morgan fingerprint density at radius 1 is 1.37 bits per heavy atom. The molecule has 1 aromatic heterocycles. The summed E-state index contributed by atoms with van der Waals surface area (Å²) in [6, 6.07) is 3.30. The summed E-state index contributed by atoms with van der Waals surface area (Å²) in [7, 11) is 2.30. The quantitative estimate of drug-likeness (QED) is 0.509. The summed E-state index contributed by atoms with van der Waals surface area (Å²) in [5, 5.41) is 4.43. The molecule has 0 saturated heterocycles. The molecule has 1 amide bonds. The van der Waals surface area contributed by atoms with Crippen molar-refractivity contribution in [2.75, 3.05) is 13.8 Å². The first-order valence-electron chi connectivity index (χ1n) is 7.56. The Morgan fingerprint density at radius 3 is 2.56 bits per heavy atom. The number of halogens is 6. The first-order chi connectivity index (χ1) is 12.6. The molecule has 0 N–H and O–H groups in total. The van der Waals surface area contributed by atoms with Crippen LogP contribution in [0.15, 0.2) is 24.4 Å². The highest BCUT2D eigenvalue weighted by molar-refractivity contribution is 6.35. The van der Waals surface area contributed by atoms with Crippen LogP contribution in [0.25, 0.3) is 0 Å². The van der Waals surface area contributed by atoms with Crippen molar-refractivity contribution in [3.05, 3.63) is 51.3 Å². The summed E-state index contributed by atoms with van der Waals surface area (Å²) in [6.07, 6.45) is -4.04. The normalized spacial score (nSPS) is 12.9. The lowest BCUT2D eigenvalue weighted by molar-refractivity contribution is -0.144. The van der Waals surface area contributed by atoms with Crippen LogP contribution in [0.4, 0.5) is 17.6 Å². The highest BCUT2D eigenvalue weighted by Crippen LogP contribution is 2.32. The topological polar surface area (TPSA) is 47.4 Å². The lowest BCUT2D eigenvalue weighted by Crippen LogP contribution is -2.42. The lowest BCUT2D eigenvalue weighted by atomic mass is 10.1. The van der Waals surface area contributed by atoms with Gasteiger partial charge in [0, 0.05) is 23.3 Å². The van der Waals surface area contributed by atoms with E-state index in [1.165, 1.54) is 25.2 Å². The number of aryl methyl sites for hydroxylation is 1. The van der Waals surface area contributed by atoms with Gasteiger partial charge in [-0.2, -0.15) is 18.3 Å². The van der Waals surface area contributed by atoms with E-state index in [0.29, 0.717) is 15.6 Å². The third-order valence-electron chi connectivity index (χ3n) is 3.70. The van der Waals surface area contributed by atoms with Gasteiger partial charge in [-0.1, -0.05) is 29.3 Å². The first kappa shape index (κ1) is 21.5. The van der Waals surface area contributed by atoms with Crippen LogP contribution in [0.5, 0.6) is 0 Å². The van der Waals surface area contributed by atoms with Crippen molar-refractivity contribution < 1.29 is 27.2 Å². The van der Waals surface area contributed by atoms with Crippen molar-refractivity contribution in [1.82, 2.24) is 14.8 Å². The number of hydroxylamine groups is 2. The molecule has 2 aromatic rings. The first-order valence-corrected chi connectivity index (χ1v) is 8.32. The van der Waals surface area contributed by atoms with Crippen LogP contribution in [0.1, 0.15) is 21.6 Å². The zero-order valence-electron chi connectivity index (χ0n) is 14.2. The highest BCUT2D eigenvalue weighted by atomic mass is 35.5. The zero-order valence-corrected chi connectivity index (χ0v) is 15.7. The molecular formula is C16H15Cl2F4N3O2. The average Bonchev–Trinajstić information content (AvgIpc) is 2.98. The predicted molar refractivity (Wildman–Crippen MR) is 91.3 cm³/mol. The van der Waals surface area contributed by atoms with E-state index in [1.807, 2.05) is 0 Å². The average molecular weight is 428 g/mol. The van der Waals surface area contributed by atoms with Crippen molar-refractivity contribution >= 4 is 29.1 Å². The van der Waals surface area contributed by atoms with Crippen LogP contribution in [0.3, 0.4) is 0 Å². The Kier molecular flexibility index (Phi) is 6.72. The molecule has 5 nitrogen and oxygen atoms in total. The number of carbonyl (C=O) groups excluding carboxylic acids is 1. The van der Waals surface area contributed by atoms with Gasteiger partial charge in [-0.25, -0.2) is 9.45 Å². The van der Waals surface area contributed by atoms with E-state index in [0.717, 1.165) is 18.0 Å². The van der Waals surface area contributed by atoms with Crippen molar-refractivity contribution in [3.8, 4) is 0 Å². The van der Waals surface area contributed by atoms with Crippen LogP contribution in [-0.4, -0.2) is 40.6 Å². The summed E-state index contributed by atoms with van der Waals surface area (Å²) in [4.78, 5) is 17.5. The minimum absolute atomic E-state index is 0.0896. The molecule has 2 rings (SSSR count). The summed E-state index contributed by atoms with van der Waals surface area (Å²) in [5.41, 5.74) is -1.66. The number of hydrogen-bond donors (Lipinski definition) is 0. The van der Waals surface area contributed by atoms with Crippen LogP contribution < -0.4 is 0 Å². The maximum absolute atomic E-state index is 13.6. The van der Waals surface area contributed by atoms with Gasteiger partial charge in [-0.15, -0.1) is 0 Å². The molecule has 0 aliphatic heterocycles. The van der Waals surface area contributed by atoms with E-state index in [1.54, 1.807) is 0 Å². The molecule has 0 radical (unpaired) electrons. The van der Waals surface area contributed by atoms with Crippen LogP contribution in [-0.2, 0) is 24.5 Å². The van der Waals surface area contributed by atoms with Gasteiger partial charge in [0.25, 0.3) is 5.91 Å². The van der Waals surface area contributed by atoms with Crippen LogP contribution in [0.2, 0.25) is 10.0 Å². The fourth-order valence-electron chi connectivity index (χ4n) is 2.51. The number of amides is 1. The van der Waals surface area contributed by atoms with Gasteiger partial charge in [0.1, 0.15) is 6.67 Å². The van der Waals surface area contributed by atoms with E-state index >= 15 is 0 Å². The molecular weight excluding hydrogens is 413 g/mol. The Balaban J connectivity index is 2.34. The Hall–Kier alpha value is -1.84. The van der Waals surface area contributed by atoms with Gasteiger partial charge in [0.05, 0.1) is 18.7 Å². The molecule has 0 fully saturated rings. The van der Waals surface area contributed by atoms with Crippen molar-refractivity contribution in [3.63, 3.8) is 0 Å². The number of aromatic nitrogens is 2. The number of hydrogen-bond acceptors (Lipinski definition) is 3. The molecule has 0 saturated carbocycles. The summed E-state index contributed by atoms with van der Waals surface area (Å²) in [5.74, 6) is -1.16. The molecule has 0 aliphatic carbocycles. The second-order valence-corrected chi connectivity index (χ2v) is 6.47. The molecule has 1 heterocycles. The predicted octanol–water partition coefficient (Wildman–Crippen LogP) is 4.33. The second kappa shape index (κ2) is 8.45. The third-order valence-corrected chi connectivity index (χ3v) is 4.29. The minimum Gasteiger partial charge on any atom is -0.274 e. The standard InChI is InChI=1S/C16H15Cl2F4N3O2/c1-24-8-12(14(23-24)16(20,21)22)15(26)25(27-2)11(7-19)5-9-3-4-10(17)6-13(9)18/h3-4,6,8,11H,5,7H2,1-2H3. The largest absolute Gasteiger partial charge is 0.435 e. The van der Waals surface area contributed by atoms with Gasteiger partial charge < -0.3 is 0 Å². The van der Waals surface area contributed by atoms with Crippen LogP contribution >= 0.6 is 23.2 Å². The van der Waals surface area contributed by atoms with Gasteiger partial charge in [-0.3, -0.25) is 14.3 Å². The smallest absolute Gasteiger partial charge is 0.274 e. The molecule has 1 aromatic carbocycles. The molecule has 0 aliphatic rings. The van der Waals surface area contributed by atoms with E-state index < -0.39 is 36.1 Å².